The molecule has 0 unspecified atom stereocenters. The fourth-order valence-corrected chi connectivity index (χ4v) is 1.80. The van der Waals surface area contributed by atoms with Gasteiger partial charge in [-0.25, -0.2) is 0 Å². The van der Waals surface area contributed by atoms with E-state index >= 15 is 0 Å². The molecule has 0 aromatic rings. The van der Waals surface area contributed by atoms with Crippen molar-refractivity contribution in [3.05, 3.63) is 12.2 Å². The smallest absolute Gasteiger partial charge is 0.313 e. The fraction of sp³-hybridized carbons (Fsp3) is 0.667. The molecule has 0 aromatic carbocycles. The van der Waals surface area contributed by atoms with Crippen LogP contribution in [0.25, 0.3) is 0 Å². The zero-order valence-electron chi connectivity index (χ0n) is 6.89. The molecule has 1 saturated carbocycles. The van der Waals surface area contributed by atoms with Crippen LogP contribution in [0.4, 0.5) is 0 Å². The molecule has 1 fully saturated rings. The Morgan fingerprint density at radius 1 is 1.45 bits per heavy atom. The predicted molar refractivity (Wildman–Crippen MR) is 43.4 cm³/mol. The second-order valence-electron chi connectivity index (χ2n) is 3.37. The molecule has 1 aliphatic rings. The average Bonchev–Trinajstić information content (AvgIpc) is 2.34. The van der Waals surface area contributed by atoms with Gasteiger partial charge in [0.05, 0.1) is 5.41 Å². The van der Waals surface area contributed by atoms with Gasteiger partial charge in [0.15, 0.2) is 0 Å². The summed E-state index contributed by atoms with van der Waals surface area (Å²) in [5.74, 6) is -0.692. The van der Waals surface area contributed by atoms with Crippen molar-refractivity contribution in [2.75, 3.05) is 0 Å². The standard InChI is InChI=1S/C9H14O2/c1-7(2)9(8(10)11)5-3-4-6-9/h1,3-6H2,2H3,(H,10,11). The number of rotatable bonds is 2. The highest BCUT2D eigenvalue weighted by molar-refractivity contribution is 5.78. The number of aliphatic carboxylic acids is 1. The Morgan fingerprint density at radius 2 is 1.91 bits per heavy atom. The molecular formula is C9H14O2. The molecule has 0 spiro atoms. The molecule has 0 heterocycles. The lowest BCUT2D eigenvalue weighted by Gasteiger charge is -2.23. The molecule has 0 saturated heterocycles. The van der Waals surface area contributed by atoms with Crippen molar-refractivity contribution < 1.29 is 9.90 Å². The molecule has 0 aromatic heterocycles. The summed E-state index contributed by atoms with van der Waals surface area (Å²) in [7, 11) is 0. The summed E-state index contributed by atoms with van der Waals surface area (Å²) in [6.07, 6.45) is 3.60. The molecule has 0 amide bonds. The van der Waals surface area contributed by atoms with E-state index in [0.717, 1.165) is 31.3 Å². The van der Waals surface area contributed by atoms with E-state index in [1.165, 1.54) is 0 Å². The summed E-state index contributed by atoms with van der Waals surface area (Å²) < 4.78 is 0. The van der Waals surface area contributed by atoms with Crippen molar-refractivity contribution in [2.45, 2.75) is 32.6 Å². The molecule has 11 heavy (non-hydrogen) atoms. The van der Waals surface area contributed by atoms with Gasteiger partial charge < -0.3 is 5.11 Å². The minimum absolute atomic E-state index is 0.583. The molecular weight excluding hydrogens is 140 g/mol. The van der Waals surface area contributed by atoms with Crippen LogP contribution >= 0.6 is 0 Å². The SMILES string of the molecule is C=C(C)C1(C(=O)O)CCCC1. The largest absolute Gasteiger partial charge is 0.481 e. The Kier molecular flexibility index (Phi) is 2.03. The molecule has 0 radical (unpaired) electrons. The fourth-order valence-electron chi connectivity index (χ4n) is 1.80. The summed E-state index contributed by atoms with van der Waals surface area (Å²) in [5.41, 5.74) is 0.225. The first-order valence-electron chi connectivity index (χ1n) is 3.99. The summed E-state index contributed by atoms with van der Waals surface area (Å²) in [6.45, 7) is 5.57. The number of hydrogen-bond acceptors (Lipinski definition) is 1. The lowest BCUT2D eigenvalue weighted by atomic mass is 9.80. The van der Waals surface area contributed by atoms with Gasteiger partial charge in [-0.15, -0.1) is 0 Å². The maximum atomic E-state index is 10.9. The van der Waals surface area contributed by atoms with Crippen molar-refractivity contribution in [1.82, 2.24) is 0 Å². The van der Waals surface area contributed by atoms with E-state index in [1.807, 2.05) is 6.92 Å². The minimum Gasteiger partial charge on any atom is -0.481 e. The van der Waals surface area contributed by atoms with Crippen molar-refractivity contribution in [3.63, 3.8) is 0 Å². The third-order valence-corrected chi connectivity index (χ3v) is 2.68. The van der Waals surface area contributed by atoms with Crippen LogP contribution in [0.2, 0.25) is 0 Å². The lowest BCUT2D eigenvalue weighted by Crippen LogP contribution is -2.28. The van der Waals surface area contributed by atoms with E-state index in [4.69, 9.17) is 5.11 Å². The van der Waals surface area contributed by atoms with E-state index in [9.17, 15) is 4.79 Å². The van der Waals surface area contributed by atoms with E-state index in [2.05, 4.69) is 6.58 Å². The van der Waals surface area contributed by atoms with Crippen LogP contribution in [0.1, 0.15) is 32.6 Å². The first-order chi connectivity index (χ1) is 5.09. The normalized spacial score (nSPS) is 21.5. The van der Waals surface area contributed by atoms with Crippen LogP contribution in [0, 0.1) is 5.41 Å². The second kappa shape index (κ2) is 2.68. The quantitative estimate of drug-likeness (QED) is 0.619. The molecule has 1 rings (SSSR count). The van der Waals surface area contributed by atoms with Crippen LogP contribution in [0.5, 0.6) is 0 Å². The Balaban J connectivity index is 2.87. The summed E-state index contributed by atoms with van der Waals surface area (Å²) in [4.78, 5) is 10.9. The van der Waals surface area contributed by atoms with Crippen molar-refractivity contribution in [2.24, 2.45) is 5.41 Å². The highest BCUT2D eigenvalue weighted by Crippen LogP contribution is 2.43. The molecule has 1 aliphatic carbocycles. The molecule has 2 nitrogen and oxygen atoms in total. The van der Waals surface area contributed by atoms with Crippen molar-refractivity contribution >= 4 is 5.97 Å². The van der Waals surface area contributed by atoms with Crippen LogP contribution in [0.3, 0.4) is 0 Å². The van der Waals surface area contributed by atoms with E-state index in [1.54, 1.807) is 0 Å². The highest BCUT2D eigenvalue weighted by Gasteiger charge is 2.41. The Hall–Kier alpha value is -0.790. The van der Waals surface area contributed by atoms with Crippen LogP contribution in [-0.4, -0.2) is 11.1 Å². The summed E-state index contributed by atoms with van der Waals surface area (Å²) >= 11 is 0. The lowest BCUT2D eigenvalue weighted by molar-refractivity contribution is -0.146. The van der Waals surface area contributed by atoms with Crippen LogP contribution in [0.15, 0.2) is 12.2 Å². The van der Waals surface area contributed by atoms with Gasteiger partial charge in [-0.2, -0.15) is 0 Å². The minimum atomic E-state index is -0.692. The van der Waals surface area contributed by atoms with Crippen LogP contribution in [-0.2, 0) is 4.79 Å². The topological polar surface area (TPSA) is 37.3 Å². The monoisotopic (exact) mass is 154 g/mol. The highest BCUT2D eigenvalue weighted by atomic mass is 16.4. The average molecular weight is 154 g/mol. The number of carboxylic acid groups (broad SMARTS) is 1. The first-order valence-corrected chi connectivity index (χ1v) is 3.99. The Labute approximate surface area is 66.9 Å². The number of carboxylic acids is 1. The molecule has 1 N–H and O–H groups in total. The predicted octanol–water partition coefficient (Wildman–Crippen LogP) is 2.21. The van der Waals surface area contributed by atoms with E-state index in [-0.39, 0.29) is 0 Å². The van der Waals surface area contributed by atoms with Crippen molar-refractivity contribution in [1.29, 1.82) is 0 Å². The summed E-state index contributed by atoms with van der Waals surface area (Å²) in [6, 6.07) is 0. The van der Waals surface area contributed by atoms with Gasteiger partial charge in [-0.1, -0.05) is 25.0 Å². The number of hydrogen-bond donors (Lipinski definition) is 1. The second-order valence-corrected chi connectivity index (χ2v) is 3.37. The molecule has 0 aliphatic heterocycles. The molecule has 0 bridgehead atoms. The Morgan fingerprint density at radius 3 is 2.09 bits per heavy atom. The third kappa shape index (κ3) is 1.17. The first kappa shape index (κ1) is 8.31. The molecule has 2 heteroatoms. The third-order valence-electron chi connectivity index (χ3n) is 2.68. The van der Waals surface area contributed by atoms with Gasteiger partial charge >= 0.3 is 5.97 Å². The summed E-state index contributed by atoms with van der Waals surface area (Å²) in [5, 5.41) is 8.97. The van der Waals surface area contributed by atoms with Gasteiger partial charge in [-0.3, -0.25) is 4.79 Å². The van der Waals surface area contributed by atoms with Crippen LogP contribution < -0.4 is 0 Å². The maximum Gasteiger partial charge on any atom is 0.313 e. The maximum absolute atomic E-state index is 10.9. The van der Waals surface area contributed by atoms with E-state index < -0.39 is 11.4 Å². The van der Waals surface area contributed by atoms with Gasteiger partial charge in [-0.05, 0) is 19.8 Å². The van der Waals surface area contributed by atoms with Gasteiger partial charge in [0, 0.05) is 0 Å². The molecule has 62 valence electrons. The number of carbonyl (C=O) groups is 1. The van der Waals surface area contributed by atoms with Gasteiger partial charge in [0.25, 0.3) is 0 Å². The van der Waals surface area contributed by atoms with Crippen molar-refractivity contribution in [3.8, 4) is 0 Å². The van der Waals surface area contributed by atoms with E-state index in [0.29, 0.717) is 0 Å². The van der Waals surface area contributed by atoms with Gasteiger partial charge in [0.2, 0.25) is 0 Å². The zero-order chi connectivity index (χ0) is 8.48. The molecule has 0 atom stereocenters. The van der Waals surface area contributed by atoms with Gasteiger partial charge in [0.1, 0.15) is 0 Å². The zero-order valence-corrected chi connectivity index (χ0v) is 6.89. The Bertz CT molecular complexity index is 172.